The summed E-state index contributed by atoms with van der Waals surface area (Å²) in [6, 6.07) is 0. The molecule has 13 heavy (non-hydrogen) atoms. The van der Waals surface area contributed by atoms with E-state index in [9.17, 15) is 4.79 Å². The smallest absolute Gasteiger partial charge is 0.129 e. The Balaban J connectivity index is 1.72. The second-order valence-electron chi connectivity index (χ2n) is 4.63. The highest BCUT2D eigenvalue weighted by atomic mass is 16.1. The molecule has 0 radical (unpaired) electrons. The van der Waals surface area contributed by atoms with Crippen molar-refractivity contribution in [1.82, 2.24) is 0 Å². The molecule has 0 spiro atoms. The zero-order chi connectivity index (χ0) is 9.26. The van der Waals surface area contributed by atoms with Crippen LogP contribution >= 0.6 is 0 Å². The number of allylic oxidation sites excluding steroid dienone is 2. The molecule has 0 N–H and O–H groups in total. The molecule has 0 heterocycles. The summed E-state index contributed by atoms with van der Waals surface area (Å²) in [5.41, 5.74) is 0. The highest BCUT2D eigenvalue weighted by Crippen LogP contribution is 2.45. The molecule has 2 aliphatic rings. The lowest BCUT2D eigenvalue weighted by atomic mass is 9.89. The maximum atomic E-state index is 10.8. The maximum Gasteiger partial charge on any atom is 0.129 e. The minimum absolute atomic E-state index is 0.346. The quantitative estimate of drug-likeness (QED) is 0.605. The van der Waals surface area contributed by atoms with E-state index in [1.807, 2.05) is 0 Å². The van der Waals surface area contributed by atoms with Crippen molar-refractivity contribution < 1.29 is 4.79 Å². The first-order valence-electron chi connectivity index (χ1n) is 5.43. The number of ketones is 1. The SMILES string of the molecule is CC(=O)CCCC1CC2C=CC1C2. The van der Waals surface area contributed by atoms with Gasteiger partial charge in [-0.1, -0.05) is 12.2 Å². The molecule has 1 heteroatoms. The van der Waals surface area contributed by atoms with E-state index in [1.165, 1.54) is 19.3 Å². The lowest BCUT2D eigenvalue weighted by molar-refractivity contribution is -0.117. The Kier molecular flexibility index (Phi) is 2.52. The van der Waals surface area contributed by atoms with Crippen LogP contribution in [0.25, 0.3) is 0 Å². The Labute approximate surface area is 80.2 Å². The van der Waals surface area contributed by atoms with Gasteiger partial charge in [0.1, 0.15) is 5.78 Å². The third kappa shape index (κ3) is 2.01. The number of fused-ring (bicyclic) bond motifs is 2. The van der Waals surface area contributed by atoms with Crippen LogP contribution in [-0.2, 0) is 4.79 Å². The number of carbonyl (C=O) groups excluding carboxylic acids is 1. The van der Waals surface area contributed by atoms with Crippen LogP contribution in [0.4, 0.5) is 0 Å². The van der Waals surface area contributed by atoms with E-state index in [2.05, 4.69) is 12.2 Å². The summed E-state index contributed by atoms with van der Waals surface area (Å²) in [5.74, 6) is 2.98. The molecule has 3 atom stereocenters. The van der Waals surface area contributed by atoms with E-state index in [0.717, 1.165) is 30.6 Å². The average Bonchev–Trinajstić information content (AvgIpc) is 2.64. The molecule has 3 unspecified atom stereocenters. The van der Waals surface area contributed by atoms with Crippen molar-refractivity contribution in [2.75, 3.05) is 0 Å². The number of Topliss-reactive ketones (excluding diaryl/α,β-unsaturated/α-hetero) is 1. The molecule has 0 aromatic carbocycles. The standard InChI is InChI=1S/C12H18O/c1-9(13)3-2-4-11-7-10-5-6-12(11)8-10/h5-6,10-12H,2-4,7-8H2,1H3. The Morgan fingerprint density at radius 1 is 1.38 bits per heavy atom. The van der Waals surface area contributed by atoms with Gasteiger partial charge < -0.3 is 4.79 Å². The van der Waals surface area contributed by atoms with Crippen LogP contribution in [-0.4, -0.2) is 5.78 Å². The number of hydrogen-bond donors (Lipinski definition) is 0. The van der Waals surface area contributed by atoms with Crippen LogP contribution in [0.15, 0.2) is 12.2 Å². The Hall–Kier alpha value is -0.590. The van der Waals surface area contributed by atoms with E-state index in [-0.39, 0.29) is 0 Å². The normalized spacial score (nSPS) is 35.6. The molecule has 1 saturated carbocycles. The zero-order valence-electron chi connectivity index (χ0n) is 8.33. The van der Waals surface area contributed by atoms with Crippen molar-refractivity contribution in [3.8, 4) is 0 Å². The Bertz CT molecular complexity index is 229. The number of carbonyl (C=O) groups is 1. The predicted octanol–water partition coefficient (Wildman–Crippen LogP) is 2.96. The van der Waals surface area contributed by atoms with Gasteiger partial charge >= 0.3 is 0 Å². The highest BCUT2D eigenvalue weighted by molar-refractivity contribution is 5.75. The van der Waals surface area contributed by atoms with Gasteiger partial charge in [-0.3, -0.25) is 0 Å². The first-order valence-corrected chi connectivity index (χ1v) is 5.43. The Morgan fingerprint density at radius 2 is 2.23 bits per heavy atom. The van der Waals surface area contributed by atoms with E-state index in [0.29, 0.717) is 5.78 Å². The van der Waals surface area contributed by atoms with E-state index >= 15 is 0 Å². The molecule has 0 saturated heterocycles. The minimum atomic E-state index is 0.346. The molecule has 2 rings (SSSR count). The number of hydrogen-bond acceptors (Lipinski definition) is 1. The molecule has 0 aromatic rings. The lowest BCUT2D eigenvalue weighted by Crippen LogP contribution is -2.07. The third-order valence-corrected chi connectivity index (χ3v) is 3.52. The van der Waals surface area contributed by atoms with Crippen LogP contribution in [0.3, 0.4) is 0 Å². The molecule has 1 nitrogen and oxygen atoms in total. The summed E-state index contributed by atoms with van der Waals surface area (Å²) >= 11 is 0. The van der Waals surface area contributed by atoms with Gasteiger partial charge in [-0.2, -0.15) is 0 Å². The molecule has 72 valence electrons. The van der Waals surface area contributed by atoms with Crippen molar-refractivity contribution in [3.63, 3.8) is 0 Å². The molecule has 2 bridgehead atoms. The van der Waals surface area contributed by atoms with Crippen molar-refractivity contribution in [2.24, 2.45) is 17.8 Å². The van der Waals surface area contributed by atoms with Crippen molar-refractivity contribution >= 4 is 5.78 Å². The summed E-state index contributed by atoms with van der Waals surface area (Å²) in [4.78, 5) is 10.8. The summed E-state index contributed by atoms with van der Waals surface area (Å²) in [6.07, 6.45) is 10.7. The second kappa shape index (κ2) is 3.65. The van der Waals surface area contributed by atoms with Crippen molar-refractivity contribution in [2.45, 2.75) is 39.0 Å². The van der Waals surface area contributed by atoms with Crippen molar-refractivity contribution in [1.29, 1.82) is 0 Å². The maximum absolute atomic E-state index is 10.8. The fraction of sp³-hybridized carbons (Fsp3) is 0.750. The molecule has 1 fully saturated rings. The average molecular weight is 178 g/mol. The largest absolute Gasteiger partial charge is 0.300 e. The van der Waals surface area contributed by atoms with Gasteiger partial charge in [-0.05, 0) is 50.4 Å². The second-order valence-corrected chi connectivity index (χ2v) is 4.63. The monoisotopic (exact) mass is 178 g/mol. The van der Waals surface area contributed by atoms with Gasteiger partial charge in [0.25, 0.3) is 0 Å². The van der Waals surface area contributed by atoms with Crippen LogP contribution < -0.4 is 0 Å². The van der Waals surface area contributed by atoms with Crippen LogP contribution in [0.1, 0.15) is 39.0 Å². The van der Waals surface area contributed by atoms with E-state index in [4.69, 9.17) is 0 Å². The fourth-order valence-corrected chi connectivity index (χ4v) is 2.84. The van der Waals surface area contributed by atoms with Gasteiger partial charge in [0.15, 0.2) is 0 Å². The minimum Gasteiger partial charge on any atom is -0.300 e. The summed E-state index contributed by atoms with van der Waals surface area (Å²) in [7, 11) is 0. The summed E-state index contributed by atoms with van der Waals surface area (Å²) in [6.45, 7) is 1.70. The van der Waals surface area contributed by atoms with Crippen LogP contribution in [0, 0.1) is 17.8 Å². The Morgan fingerprint density at radius 3 is 2.77 bits per heavy atom. The number of rotatable bonds is 4. The van der Waals surface area contributed by atoms with Gasteiger partial charge in [0.05, 0.1) is 0 Å². The lowest BCUT2D eigenvalue weighted by Gasteiger charge is -2.17. The van der Waals surface area contributed by atoms with Gasteiger partial charge in [-0.15, -0.1) is 0 Å². The van der Waals surface area contributed by atoms with Crippen LogP contribution in [0.2, 0.25) is 0 Å². The molecular weight excluding hydrogens is 160 g/mol. The first-order chi connectivity index (χ1) is 6.25. The van der Waals surface area contributed by atoms with Gasteiger partial charge in [0, 0.05) is 6.42 Å². The molecule has 0 aliphatic heterocycles. The van der Waals surface area contributed by atoms with E-state index < -0.39 is 0 Å². The third-order valence-electron chi connectivity index (χ3n) is 3.52. The molecule has 0 amide bonds. The summed E-state index contributed by atoms with van der Waals surface area (Å²) in [5, 5.41) is 0. The van der Waals surface area contributed by atoms with Gasteiger partial charge in [-0.25, -0.2) is 0 Å². The topological polar surface area (TPSA) is 17.1 Å². The van der Waals surface area contributed by atoms with Crippen LogP contribution in [0.5, 0.6) is 0 Å². The molecule has 0 aromatic heterocycles. The zero-order valence-corrected chi connectivity index (χ0v) is 8.33. The fourth-order valence-electron chi connectivity index (χ4n) is 2.84. The summed E-state index contributed by atoms with van der Waals surface area (Å²) < 4.78 is 0. The first kappa shape index (κ1) is 8.98. The molecule has 2 aliphatic carbocycles. The van der Waals surface area contributed by atoms with Crippen molar-refractivity contribution in [3.05, 3.63) is 12.2 Å². The van der Waals surface area contributed by atoms with Gasteiger partial charge in [0.2, 0.25) is 0 Å². The molecular formula is C12H18O. The predicted molar refractivity (Wildman–Crippen MR) is 53.4 cm³/mol. The highest BCUT2D eigenvalue weighted by Gasteiger charge is 2.34. The van der Waals surface area contributed by atoms with E-state index in [1.54, 1.807) is 6.92 Å².